The molecule has 88 valence electrons. The summed E-state index contributed by atoms with van der Waals surface area (Å²) in [6.45, 7) is 0. The third kappa shape index (κ3) is 2.77. The largest absolute Gasteiger partial charge is 0.496 e. The summed E-state index contributed by atoms with van der Waals surface area (Å²) in [5.41, 5.74) is 1.02. The van der Waals surface area contributed by atoms with Crippen LogP contribution in [0.2, 0.25) is 0 Å². The summed E-state index contributed by atoms with van der Waals surface area (Å²) in [7, 11) is 1.57. The van der Waals surface area contributed by atoms with Crippen molar-refractivity contribution in [1.29, 1.82) is 0 Å². The molecular formula is C12H13Br2FO. The van der Waals surface area contributed by atoms with Crippen molar-refractivity contribution in [3.63, 3.8) is 0 Å². The Morgan fingerprint density at radius 3 is 2.75 bits per heavy atom. The highest BCUT2D eigenvalue weighted by Crippen LogP contribution is 2.44. The van der Waals surface area contributed by atoms with Crippen LogP contribution in [0.1, 0.15) is 29.7 Å². The smallest absolute Gasteiger partial charge is 0.141 e. The van der Waals surface area contributed by atoms with Crippen LogP contribution < -0.4 is 4.74 Å². The zero-order chi connectivity index (χ0) is 11.7. The van der Waals surface area contributed by atoms with E-state index >= 15 is 0 Å². The highest BCUT2D eigenvalue weighted by Gasteiger charge is 2.26. The first-order valence-electron chi connectivity index (χ1n) is 5.28. The van der Waals surface area contributed by atoms with Gasteiger partial charge in [-0.3, -0.25) is 0 Å². The predicted molar refractivity (Wildman–Crippen MR) is 69.7 cm³/mol. The number of alkyl halides is 1. The van der Waals surface area contributed by atoms with Gasteiger partial charge in [-0.05, 0) is 34.3 Å². The van der Waals surface area contributed by atoms with Crippen LogP contribution >= 0.6 is 31.9 Å². The maximum Gasteiger partial charge on any atom is 0.141 e. The normalized spacial score (nSPS) is 17.2. The summed E-state index contributed by atoms with van der Waals surface area (Å²) in [4.78, 5) is 0.242. The van der Waals surface area contributed by atoms with Crippen LogP contribution in [0.25, 0.3) is 0 Å². The molecule has 0 aromatic heterocycles. The van der Waals surface area contributed by atoms with Gasteiger partial charge in [0, 0.05) is 16.5 Å². The predicted octanol–water partition coefficient (Wildman–Crippen LogP) is 4.83. The van der Waals surface area contributed by atoms with E-state index in [-0.39, 0.29) is 10.6 Å². The van der Waals surface area contributed by atoms with Crippen molar-refractivity contribution >= 4 is 31.9 Å². The number of halogens is 3. The van der Waals surface area contributed by atoms with Crippen LogP contribution in [0.3, 0.4) is 0 Å². The van der Waals surface area contributed by atoms with Gasteiger partial charge < -0.3 is 4.74 Å². The Labute approximate surface area is 112 Å². The van der Waals surface area contributed by atoms with Gasteiger partial charge in [-0.15, -0.1) is 0 Å². The minimum absolute atomic E-state index is 0.242. The van der Waals surface area contributed by atoms with Crippen LogP contribution in [-0.4, -0.2) is 7.11 Å². The molecule has 0 amide bonds. The molecule has 0 radical (unpaired) electrons. The maximum atomic E-state index is 13.3. The van der Waals surface area contributed by atoms with Crippen molar-refractivity contribution in [3.05, 3.63) is 28.0 Å². The molecule has 0 heterocycles. The average Bonchev–Trinajstić information content (AvgIpc) is 3.05. The Bertz CT molecular complexity index is 391. The number of hydrogen-bond acceptors (Lipinski definition) is 1. The fourth-order valence-corrected chi connectivity index (χ4v) is 2.99. The van der Waals surface area contributed by atoms with Crippen molar-refractivity contribution in [3.8, 4) is 5.75 Å². The first kappa shape index (κ1) is 12.4. The van der Waals surface area contributed by atoms with E-state index in [0.29, 0.717) is 10.2 Å². The van der Waals surface area contributed by atoms with E-state index in [2.05, 4.69) is 31.9 Å². The molecule has 1 atom stereocenters. The Morgan fingerprint density at radius 1 is 1.50 bits per heavy atom. The minimum Gasteiger partial charge on any atom is -0.496 e. The molecule has 0 saturated heterocycles. The van der Waals surface area contributed by atoms with E-state index in [0.717, 1.165) is 17.9 Å². The molecule has 0 bridgehead atoms. The van der Waals surface area contributed by atoms with Crippen molar-refractivity contribution in [2.24, 2.45) is 5.92 Å². The molecule has 2 rings (SSSR count). The second-order valence-corrected chi connectivity index (χ2v) is 6.11. The van der Waals surface area contributed by atoms with Gasteiger partial charge in [-0.25, -0.2) is 4.39 Å². The molecule has 1 aliphatic rings. The number of methoxy groups -OCH3 is 1. The van der Waals surface area contributed by atoms with Crippen molar-refractivity contribution in [2.75, 3.05) is 7.11 Å². The van der Waals surface area contributed by atoms with Gasteiger partial charge in [0.25, 0.3) is 0 Å². The lowest BCUT2D eigenvalue weighted by Gasteiger charge is -2.14. The first-order chi connectivity index (χ1) is 7.61. The molecule has 1 fully saturated rings. The topological polar surface area (TPSA) is 9.23 Å². The highest BCUT2D eigenvalue weighted by molar-refractivity contribution is 9.10. The lowest BCUT2D eigenvalue weighted by atomic mass is 10.1. The lowest BCUT2D eigenvalue weighted by molar-refractivity contribution is 0.404. The summed E-state index contributed by atoms with van der Waals surface area (Å²) in [6, 6.07) is 3.23. The van der Waals surface area contributed by atoms with Crippen LogP contribution in [0.15, 0.2) is 16.6 Å². The average molecular weight is 352 g/mol. The van der Waals surface area contributed by atoms with Gasteiger partial charge in [-0.2, -0.15) is 0 Å². The second kappa shape index (κ2) is 5.05. The molecular weight excluding hydrogens is 339 g/mol. The molecule has 16 heavy (non-hydrogen) atoms. The first-order valence-corrected chi connectivity index (χ1v) is 6.99. The minimum atomic E-state index is -0.285. The summed E-state index contributed by atoms with van der Waals surface area (Å²) in [5, 5.41) is 0. The molecule has 1 nitrogen and oxygen atoms in total. The molecule has 1 aliphatic carbocycles. The van der Waals surface area contributed by atoms with E-state index in [4.69, 9.17) is 4.74 Å². The molecule has 0 N–H and O–H groups in total. The Kier molecular flexibility index (Phi) is 3.90. The van der Waals surface area contributed by atoms with Gasteiger partial charge in [-0.1, -0.05) is 28.8 Å². The van der Waals surface area contributed by atoms with Gasteiger partial charge in [0.1, 0.15) is 11.6 Å². The van der Waals surface area contributed by atoms with Crippen molar-refractivity contribution in [2.45, 2.75) is 24.1 Å². The molecule has 4 heteroatoms. The standard InChI is InChI=1S/C12H13Br2FO/c1-16-12-6-11(15)10(14)5-8(12)9(13)4-7-2-3-7/h5-7,9H,2-4H2,1H3. The van der Waals surface area contributed by atoms with Gasteiger partial charge in [0.2, 0.25) is 0 Å². The summed E-state index contributed by atoms with van der Waals surface area (Å²) in [5.74, 6) is 1.15. The number of benzene rings is 1. The number of rotatable bonds is 4. The van der Waals surface area contributed by atoms with Gasteiger partial charge >= 0.3 is 0 Å². The molecule has 0 aliphatic heterocycles. The fraction of sp³-hybridized carbons (Fsp3) is 0.500. The van der Waals surface area contributed by atoms with Gasteiger partial charge in [0.15, 0.2) is 0 Å². The Hall–Kier alpha value is -0.0900. The van der Waals surface area contributed by atoms with E-state index in [1.165, 1.54) is 18.9 Å². The summed E-state index contributed by atoms with van der Waals surface area (Å²) in [6.07, 6.45) is 3.72. The molecule has 1 saturated carbocycles. The summed E-state index contributed by atoms with van der Waals surface area (Å²) >= 11 is 6.86. The Balaban J connectivity index is 2.25. The van der Waals surface area contributed by atoms with E-state index < -0.39 is 0 Å². The van der Waals surface area contributed by atoms with Crippen LogP contribution in [0, 0.1) is 11.7 Å². The van der Waals surface area contributed by atoms with Crippen LogP contribution in [0.4, 0.5) is 4.39 Å². The molecule has 0 spiro atoms. The zero-order valence-electron chi connectivity index (χ0n) is 8.97. The quantitative estimate of drug-likeness (QED) is 0.706. The number of ether oxygens (including phenoxy) is 1. The van der Waals surface area contributed by atoms with Crippen LogP contribution in [-0.2, 0) is 0 Å². The summed E-state index contributed by atoms with van der Waals surface area (Å²) < 4.78 is 19.0. The molecule has 1 unspecified atom stereocenters. The van der Waals surface area contributed by atoms with Crippen LogP contribution in [0.5, 0.6) is 5.75 Å². The maximum absolute atomic E-state index is 13.3. The highest BCUT2D eigenvalue weighted by atomic mass is 79.9. The third-order valence-electron chi connectivity index (χ3n) is 2.85. The Morgan fingerprint density at radius 2 is 2.19 bits per heavy atom. The second-order valence-electron chi connectivity index (χ2n) is 4.15. The zero-order valence-corrected chi connectivity index (χ0v) is 12.1. The molecule has 1 aromatic rings. The monoisotopic (exact) mass is 350 g/mol. The van der Waals surface area contributed by atoms with E-state index in [1.807, 2.05) is 0 Å². The SMILES string of the molecule is COc1cc(F)c(Br)cc1C(Br)CC1CC1. The third-order valence-corrected chi connectivity index (χ3v) is 4.32. The lowest BCUT2D eigenvalue weighted by Crippen LogP contribution is -1.98. The van der Waals surface area contributed by atoms with Gasteiger partial charge in [0.05, 0.1) is 11.6 Å². The van der Waals surface area contributed by atoms with Crippen molar-refractivity contribution in [1.82, 2.24) is 0 Å². The fourth-order valence-electron chi connectivity index (χ4n) is 1.74. The van der Waals surface area contributed by atoms with E-state index in [1.54, 1.807) is 13.2 Å². The van der Waals surface area contributed by atoms with E-state index in [9.17, 15) is 4.39 Å². The number of hydrogen-bond donors (Lipinski definition) is 0. The molecule has 1 aromatic carbocycles. The van der Waals surface area contributed by atoms with Crippen molar-refractivity contribution < 1.29 is 9.13 Å².